The molecular weight excluding hydrogens is 252 g/mol. The molecule has 1 aliphatic rings. The van der Waals surface area contributed by atoms with Crippen molar-refractivity contribution in [1.29, 1.82) is 0 Å². The fraction of sp³-hybridized carbons (Fsp3) is 0.333. The van der Waals surface area contributed by atoms with Crippen LogP contribution in [0.15, 0.2) is 18.2 Å². The van der Waals surface area contributed by atoms with Crippen LogP contribution in [0.4, 0.5) is 5.69 Å². The van der Waals surface area contributed by atoms with Gasteiger partial charge in [-0.1, -0.05) is 0 Å². The average Bonchev–Trinajstić information content (AvgIpc) is 2.62. The molecule has 0 radical (unpaired) electrons. The highest BCUT2D eigenvalue weighted by Crippen LogP contribution is 2.27. The molecule has 18 heavy (non-hydrogen) atoms. The molecule has 1 fully saturated rings. The zero-order chi connectivity index (χ0) is 13.3. The minimum Gasteiger partial charge on any atom is -0.496 e. The lowest BCUT2D eigenvalue weighted by atomic mass is 10.1. The molecule has 1 saturated heterocycles. The number of carbonyl (C=O) groups excluding carboxylic acids is 1. The lowest BCUT2D eigenvalue weighted by Gasteiger charge is -2.17. The van der Waals surface area contributed by atoms with Gasteiger partial charge in [-0.15, -0.1) is 0 Å². The SMILES string of the molecule is COc1ccc(N2C(=O)C(C)NC2=S)cc1CO. The predicted molar refractivity (Wildman–Crippen MR) is 71.6 cm³/mol. The van der Waals surface area contributed by atoms with Gasteiger partial charge in [0, 0.05) is 5.56 Å². The van der Waals surface area contributed by atoms with Crippen molar-refractivity contribution in [3.8, 4) is 5.75 Å². The fourth-order valence-corrected chi connectivity index (χ4v) is 2.25. The Labute approximate surface area is 110 Å². The molecule has 1 amide bonds. The van der Waals surface area contributed by atoms with Crippen LogP contribution in [0.5, 0.6) is 5.75 Å². The van der Waals surface area contributed by atoms with Crippen LogP contribution in [-0.4, -0.2) is 29.3 Å². The Morgan fingerprint density at radius 2 is 2.28 bits per heavy atom. The smallest absolute Gasteiger partial charge is 0.255 e. The monoisotopic (exact) mass is 266 g/mol. The third-order valence-electron chi connectivity index (χ3n) is 2.83. The van der Waals surface area contributed by atoms with E-state index >= 15 is 0 Å². The second-order valence-electron chi connectivity index (χ2n) is 4.00. The number of rotatable bonds is 3. The quantitative estimate of drug-likeness (QED) is 0.792. The van der Waals surface area contributed by atoms with Crippen molar-refractivity contribution in [2.45, 2.75) is 19.6 Å². The topological polar surface area (TPSA) is 61.8 Å². The Kier molecular flexibility index (Phi) is 3.49. The van der Waals surface area contributed by atoms with E-state index in [4.69, 9.17) is 17.0 Å². The number of ether oxygens (including phenoxy) is 1. The normalized spacial score (nSPS) is 19.1. The van der Waals surface area contributed by atoms with Gasteiger partial charge in [0.25, 0.3) is 5.91 Å². The number of benzene rings is 1. The summed E-state index contributed by atoms with van der Waals surface area (Å²) in [5.74, 6) is 0.480. The zero-order valence-corrected chi connectivity index (χ0v) is 11.0. The Balaban J connectivity index is 2.40. The van der Waals surface area contributed by atoms with E-state index < -0.39 is 0 Å². The molecule has 0 aromatic heterocycles. The number of methoxy groups -OCH3 is 1. The first-order valence-corrected chi connectivity index (χ1v) is 5.91. The molecule has 1 unspecified atom stereocenters. The minimum atomic E-state index is -0.322. The Bertz CT molecular complexity index is 504. The number of thiocarbonyl (C=S) groups is 1. The van der Waals surface area contributed by atoms with Gasteiger partial charge in [-0.25, -0.2) is 0 Å². The highest BCUT2D eigenvalue weighted by molar-refractivity contribution is 7.80. The van der Waals surface area contributed by atoms with Crippen molar-refractivity contribution < 1.29 is 14.6 Å². The van der Waals surface area contributed by atoms with Crippen LogP contribution in [0, 0.1) is 0 Å². The molecule has 0 bridgehead atoms. The highest BCUT2D eigenvalue weighted by atomic mass is 32.1. The van der Waals surface area contributed by atoms with E-state index in [1.807, 2.05) is 0 Å². The highest BCUT2D eigenvalue weighted by Gasteiger charge is 2.33. The van der Waals surface area contributed by atoms with Crippen molar-refractivity contribution in [2.24, 2.45) is 0 Å². The summed E-state index contributed by atoms with van der Waals surface area (Å²) in [4.78, 5) is 13.4. The molecule has 1 aromatic carbocycles. The summed E-state index contributed by atoms with van der Waals surface area (Å²) in [5.41, 5.74) is 1.25. The molecule has 6 heteroatoms. The molecule has 1 aromatic rings. The van der Waals surface area contributed by atoms with Gasteiger partial charge < -0.3 is 15.2 Å². The van der Waals surface area contributed by atoms with Crippen LogP contribution in [0.25, 0.3) is 0 Å². The number of amides is 1. The van der Waals surface area contributed by atoms with Crippen LogP contribution in [0.1, 0.15) is 12.5 Å². The molecule has 1 heterocycles. The van der Waals surface area contributed by atoms with Crippen molar-refractivity contribution >= 4 is 28.9 Å². The molecule has 5 nitrogen and oxygen atoms in total. The van der Waals surface area contributed by atoms with Gasteiger partial charge in [-0.2, -0.15) is 0 Å². The zero-order valence-electron chi connectivity index (χ0n) is 10.1. The first-order valence-electron chi connectivity index (χ1n) is 5.50. The largest absolute Gasteiger partial charge is 0.496 e. The van der Waals surface area contributed by atoms with E-state index in [0.717, 1.165) is 0 Å². The van der Waals surface area contributed by atoms with Gasteiger partial charge in [-0.3, -0.25) is 9.69 Å². The molecular formula is C12H14N2O3S. The predicted octanol–water partition coefficient (Wildman–Crippen LogP) is 0.797. The van der Waals surface area contributed by atoms with Gasteiger partial charge >= 0.3 is 0 Å². The number of aliphatic hydroxyl groups is 1. The van der Waals surface area contributed by atoms with Crippen LogP contribution in [-0.2, 0) is 11.4 Å². The van der Waals surface area contributed by atoms with Gasteiger partial charge in [0.2, 0.25) is 0 Å². The van der Waals surface area contributed by atoms with Gasteiger partial charge in [0.15, 0.2) is 5.11 Å². The number of nitrogens with zero attached hydrogens (tertiary/aromatic N) is 1. The second kappa shape index (κ2) is 4.91. The molecule has 0 spiro atoms. The summed E-state index contributed by atoms with van der Waals surface area (Å²) >= 11 is 5.12. The Morgan fingerprint density at radius 1 is 1.56 bits per heavy atom. The van der Waals surface area contributed by atoms with E-state index in [-0.39, 0.29) is 18.6 Å². The van der Waals surface area contributed by atoms with Gasteiger partial charge in [0.1, 0.15) is 11.8 Å². The summed E-state index contributed by atoms with van der Waals surface area (Å²) in [6, 6.07) is 4.82. The molecule has 1 aliphatic heterocycles. The molecule has 96 valence electrons. The maximum atomic E-state index is 12.0. The van der Waals surface area contributed by atoms with Crippen molar-refractivity contribution in [2.75, 3.05) is 12.0 Å². The van der Waals surface area contributed by atoms with E-state index in [2.05, 4.69) is 5.32 Å². The minimum absolute atomic E-state index is 0.103. The average molecular weight is 266 g/mol. The molecule has 1 atom stereocenters. The van der Waals surface area contributed by atoms with Gasteiger partial charge in [0.05, 0.1) is 19.4 Å². The standard InChI is InChI=1S/C12H14N2O3S/c1-7-11(16)14(12(18)13-7)9-3-4-10(17-2)8(5-9)6-15/h3-5,7,15H,6H2,1-2H3,(H,13,18). The number of anilines is 1. The third kappa shape index (κ3) is 2.04. The van der Waals surface area contributed by atoms with E-state index in [9.17, 15) is 9.90 Å². The molecule has 0 saturated carbocycles. The number of aliphatic hydroxyl groups excluding tert-OH is 1. The molecule has 2 N–H and O–H groups in total. The summed E-state index contributed by atoms with van der Waals surface area (Å²) in [6.07, 6.45) is 0. The third-order valence-corrected chi connectivity index (χ3v) is 3.13. The summed E-state index contributed by atoms with van der Waals surface area (Å²) in [5, 5.41) is 12.5. The second-order valence-corrected chi connectivity index (χ2v) is 4.39. The summed E-state index contributed by atoms with van der Waals surface area (Å²) in [6.45, 7) is 1.60. The number of nitrogens with one attached hydrogen (secondary N) is 1. The van der Waals surface area contributed by atoms with Crippen LogP contribution in [0.2, 0.25) is 0 Å². The summed E-state index contributed by atoms with van der Waals surface area (Å²) < 4.78 is 5.12. The first-order chi connectivity index (χ1) is 8.58. The lowest BCUT2D eigenvalue weighted by molar-refractivity contribution is -0.117. The molecule has 0 aliphatic carbocycles. The van der Waals surface area contributed by atoms with Gasteiger partial charge in [-0.05, 0) is 37.3 Å². The Morgan fingerprint density at radius 3 is 2.78 bits per heavy atom. The van der Waals surface area contributed by atoms with Crippen LogP contribution in [0.3, 0.4) is 0 Å². The maximum absolute atomic E-state index is 12.0. The number of hydrogen-bond acceptors (Lipinski definition) is 4. The lowest BCUT2D eigenvalue weighted by Crippen LogP contribution is -2.30. The Hall–Kier alpha value is -1.66. The van der Waals surface area contributed by atoms with E-state index in [1.165, 1.54) is 12.0 Å². The number of hydrogen-bond donors (Lipinski definition) is 2. The summed E-state index contributed by atoms with van der Waals surface area (Å²) in [7, 11) is 1.53. The van der Waals surface area contributed by atoms with Crippen LogP contribution >= 0.6 is 12.2 Å². The van der Waals surface area contributed by atoms with E-state index in [1.54, 1.807) is 25.1 Å². The van der Waals surface area contributed by atoms with Crippen molar-refractivity contribution in [1.82, 2.24) is 5.32 Å². The molecule has 2 rings (SSSR count). The van der Waals surface area contributed by atoms with E-state index in [0.29, 0.717) is 22.1 Å². The van der Waals surface area contributed by atoms with Crippen LogP contribution < -0.4 is 15.0 Å². The maximum Gasteiger partial charge on any atom is 0.255 e. The van der Waals surface area contributed by atoms with Crippen molar-refractivity contribution in [3.63, 3.8) is 0 Å². The fourth-order valence-electron chi connectivity index (χ4n) is 1.88. The van der Waals surface area contributed by atoms with Crippen molar-refractivity contribution in [3.05, 3.63) is 23.8 Å². The first kappa shape index (κ1) is 12.8. The number of carbonyl (C=O) groups is 1.